The van der Waals surface area contributed by atoms with Gasteiger partial charge in [0.2, 0.25) is 5.91 Å². The topological polar surface area (TPSA) is 75.4 Å². The minimum Gasteiger partial charge on any atom is -0.369 e. The number of piperidine rings is 1. The summed E-state index contributed by atoms with van der Waals surface area (Å²) in [5.41, 5.74) is 5.29. The van der Waals surface area contributed by atoms with Crippen LogP contribution in [0.2, 0.25) is 0 Å². The third-order valence-electron chi connectivity index (χ3n) is 3.45. The summed E-state index contributed by atoms with van der Waals surface area (Å²) in [4.78, 5) is 24.8. The number of rotatable bonds is 2. The summed E-state index contributed by atoms with van der Waals surface area (Å²) in [5.74, 6) is -0.475. The van der Waals surface area contributed by atoms with E-state index in [0.717, 1.165) is 25.7 Å². The van der Waals surface area contributed by atoms with E-state index in [-0.39, 0.29) is 23.9 Å². The number of hydrogen-bond donors (Lipinski definition) is 2. The van der Waals surface area contributed by atoms with Gasteiger partial charge in [-0.05, 0) is 32.6 Å². The van der Waals surface area contributed by atoms with Crippen molar-refractivity contribution >= 4 is 11.9 Å². The minimum absolute atomic E-state index is 0.0408. The highest BCUT2D eigenvalue weighted by Gasteiger charge is 2.33. The van der Waals surface area contributed by atoms with Crippen LogP contribution in [0.15, 0.2) is 0 Å². The molecule has 2 rings (SSSR count). The second kappa shape index (κ2) is 4.31. The van der Waals surface area contributed by atoms with Crippen molar-refractivity contribution in [2.24, 2.45) is 11.7 Å². The van der Waals surface area contributed by atoms with Gasteiger partial charge in [0.25, 0.3) is 0 Å². The van der Waals surface area contributed by atoms with E-state index in [1.54, 1.807) is 4.90 Å². The summed E-state index contributed by atoms with van der Waals surface area (Å²) in [5, 5.41) is 2.95. The van der Waals surface area contributed by atoms with Crippen molar-refractivity contribution < 1.29 is 9.59 Å². The van der Waals surface area contributed by atoms with Gasteiger partial charge in [-0.2, -0.15) is 0 Å². The van der Waals surface area contributed by atoms with Crippen LogP contribution in [0.5, 0.6) is 0 Å². The molecule has 5 nitrogen and oxygen atoms in total. The molecule has 1 heterocycles. The molecule has 1 aliphatic heterocycles. The normalized spacial score (nSPS) is 29.9. The lowest BCUT2D eigenvalue weighted by molar-refractivity contribution is -0.123. The van der Waals surface area contributed by atoms with Gasteiger partial charge >= 0.3 is 6.03 Å². The SMILES string of the molecule is CC1CCC(C(N)=O)CN1C(=O)NC1CC1. The maximum atomic E-state index is 11.9. The average Bonchev–Trinajstić information content (AvgIpc) is 3.01. The van der Waals surface area contributed by atoms with Crippen LogP contribution in [0.4, 0.5) is 4.79 Å². The molecule has 2 atom stereocenters. The fraction of sp³-hybridized carbons (Fsp3) is 0.818. The van der Waals surface area contributed by atoms with Crippen molar-refractivity contribution in [2.45, 2.75) is 44.7 Å². The zero-order chi connectivity index (χ0) is 11.7. The molecule has 3 N–H and O–H groups in total. The van der Waals surface area contributed by atoms with E-state index in [0.29, 0.717) is 12.6 Å². The van der Waals surface area contributed by atoms with Crippen molar-refractivity contribution in [1.82, 2.24) is 10.2 Å². The number of urea groups is 1. The molecule has 1 saturated heterocycles. The lowest BCUT2D eigenvalue weighted by Gasteiger charge is -2.36. The van der Waals surface area contributed by atoms with E-state index in [2.05, 4.69) is 5.32 Å². The van der Waals surface area contributed by atoms with Crippen molar-refractivity contribution in [1.29, 1.82) is 0 Å². The number of amides is 3. The molecule has 5 heteroatoms. The number of carbonyl (C=O) groups excluding carboxylic acids is 2. The van der Waals surface area contributed by atoms with E-state index >= 15 is 0 Å². The lowest BCUT2D eigenvalue weighted by Crippen LogP contribution is -2.52. The maximum absolute atomic E-state index is 11.9. The Morgan fingerprint density at radius 2 is 1.94 bits per heavy atom. The maximum Gasteiger partial charge on any atom is 0.317 e. The number of nitrogens with one attached hydrogen (secondary N) is 1. The van der Waals surface area contributed by atoms with Crippen LogP contribution in [0.3, 0.4) is 0 Å². The summed E-state index contributed by atoms with van der Waals surface area (Å²) in [6.45, 7) is 2.48. The summed E-state index contributed by atoms with van der Waals surface area (Å²) in [6, 6.07) is 0.518. The smallest absolute Gasteiger partial charge is 0.317 e. The monoisotopic (exact) mass is 225 g/mol. The first-order chi connectivity index (χ1) is 7.58. The van der Waals surface area contributed by atoms with E-state index in [9.17, 15) is 9.59 Å². The Kier molecular flexibility index (Phi) is 3.03. The predicted octanol–water partition coefficient (Wildman–Crippen LogP) is 0.444. The zero-order valence-electron chi connectivity index (χ0n) is 9.61. The van der Waals surface area contributed by atoms with Gasteiger partial charge in [-0.25, -0.2) is 4.79 Å². The predicted molar refractivity (Wildman–Crippen MR) is 59.6 cm³/mol. The Hall–Kier alpha value is -1.26. The van der Waals surface area contributed by atoms with Crippen LogP contribution in [-0.4, -0.2) is 35.5 Å². The standard InChI is InChI=1S/C11H19N3O2/c1-7-2-3-8(10(12)15)6-14(7)11(16)13-9-4-5-9/h7-9H,2-6H2,1H3,(H2,12,15)(H,13,16). The van der Waals surface area contributed by atoms with Crippen molar-refractivity contribution in [3.63, 3.8) is 0 Å². The van der Waals surface area contributed by atoms with E-state index in [1.807, 2.05) is 6.92 Å². The summed E-state index contributed by atoms with van der Waals surface area (Å²) >= 11 is 0. The molecular formula is C11H19N3O2. The van der Waals surface area contributed by atoms with Gasteiger partial charge in [0.15, 0.2) is 0 Å². The molecule has 2 fully saturated rings. The van der Waals surface area contributed by atoms with Gasteiger partial charge in [0.1, 0.15) is 0 Å². The lowest BCUT2D eigenvalue weighted by atomic mass is 9.93. The molecule has 0 aromatic carbocycles. The zero-order valence-corrected chi connectivity index (χ0v) is 9.61. The van der Waals surface area contributed by atoms with Gasteiger partial charge in [-0.3, -0.25) is 4.79 Å². The van der Waals surface area contributed by atoms with Gasteiger partial charge in [0.05, 0.1) is 5.92 Å². The molecule has 0 aromatic rings. The largest absolute Gasteiger partial charge is 0.369 e. The van der Waals surface area contributed by atoms with Crippen molar-refractivity contribution in [3.05, 3.63) is 0 Å². The molecule has 1 aliphatic carbocycles. The molecule has 0 aromatic heterocycles. The molecule has 0 spiro atoms. The highest BCUT2D eigenvalue weighted by atomic mass is 16.2. The fourth-order valence-electron chi connectivity index (χ4n) is 2.11. The molecule has 0 radical (unpaired) electrons. The Morgan fingerprint density at radius 1 is 1.25 bits per heavy atom. The van der Waals surface area contributed by atoms with E-state index < -0.39 is 0 Å². The number of carbonyl (C=O) groups is 2. The summed E-state index contributed by atoms with van der Waals surface area (Å²) in [7, 11) is 0. The fourth-order valence-corrected chi connectivity index (χ4v) is 2.11. The molecule has 0 bridgehead atoms. The number of likely N-dealkylation sites (tertiary alicyclic amines) is 1. The van der Waals surface area contributed by atoms with E-state index in [4.69, 9.17) is 5.73 Å². The molecular weight excluding hydrogens is 206 g/mol. The number of hydrogen-bond acceptors (Lipinski definition) is 2. The molecule has 16 heavy (non-hydrogen) atoms. The third-order valence-corrected chi connectivity index (χ3v) is 3.45. The number of primary amides is 1. The molecule has 3 amide bonds. The molecule has 1 saturated carbocycles. The van der Waals surface area contributed by atoms with Crippen LogP contribution >= 0.6 is 0 Å². The summed E-state index contributed by atoms with van der Waals surface area (Å²) in [6.07, 6.45) is 3.80. The Balaban J connectivity index is 1.93. The van der Waals surface area contributed by atoms with Gasteiger partial charge < -0.3 is 16.0 Å². The van der Waals surface area contributed by atoms with Crippen LogP contribution in [0.25, 0.3) is 0 Å². The quantitative estimate of drug-likeness (QED) is 0.715. The second-order valence-electron chi connectivity index (χ2n) is 4.90. The summed E-state index contributed by atoms with van der Waals surface area (Å²) < 4.78 is 0. The third kappa shape index (κ3) is 2.46. The first-order valence-corrected chi connectivity index (χ1v) is 5.94. The Morgan fingerprint density at radius 3 is 2.50 bits per heavy atom. The van der Waals surface area contributed by atoms with Crippen LogP contribution < -0.4 is 11.1 Å². The first-order valence-electron chi connectivity index (χ1n) is 5.94. The minimum atomic E-state index is -0.295. The van der Waals surface area contributed by atoms with Crippen LogP contribution in [-0.2, 0) is 4.79 Å². The van der Waals surface area contributed by atoms with Crippen LogP contribution in [0, 0.1) is 5.92 Å². The molecule has 2 aliphatic rings. The highest BCUT2D eigenvalue weighted by molar-refractivity contribution is 5.79. The van der Waals surface area contributed by atoms with Crippen molar-refractivity contribution in [3.8, 4) is 0 Å². The van der Waals surface area contributed by atoms with Gasteiger partial charge in [0, 0.05) is 18.6 Å². The van der Waals surface area contributed by atoms with E-state index in [1.165, 1.54) is 0 Å². The number of nitrogens with two attached hydrogens (primary N) is 1. The van der Waals surface area contributed by atoms with Crippen molar-refractivity contribution in [2.75, 3.05) is 6.54 Å². The Labute approximate surface area is 95.3 Å². The first kappa shape index (κ1) is 11.2. The van der Waals surface area contributed by atoms with Gasteiger partial charge in [-0.1, -0.05) is 0 Å². The van der Waals surface area contributed by atoms with Gasteiger partial charge in [-0.15, -0.1) is 0 Å². The average molecular weight is 225 g/mol. The Bertz CT molecular complexity index is 302. The second-order valence-corrected chi connectivity index (χ2v) is 4.90. The molecule has 2 unspecified atom stereocenters. The highest BCUT2D eigenvalue weighted by Crippen LogP contribution is 2.24. The number of nitrogens with zero attached hydrogens (tertiary/aromatic N) is 1. The van der Waals surface area contributed by atoms with Crippen LogP contribution in [0.1, 0.15) is 32.6 Å². The molecule has 90 valence electrons.